The maximum Gasteiger partial charge on any atom is 0.325 e. The first-order chi connectivity index (χ1) is 10.4. The largest absolute Gasteiger partial charge is 0.469 e. The molecule has 1 amide bonds. The highest BCUT2D eigenvalue weighted by atomic mass is 16.5. The second-order valence-electron chi connectivity index (χ2n) is 4.93. The number of ether oxygens (including phenoxy) is 2. The summed E-state index contributed by atoms with van der Waals surface area (Å²) in [6, 6.07) is 5.31. The van der Waals surface area contributed by atoms with Gasteiger partial charge in [-0.1, -0.05) is 6.07 Å². The molecule has 6 heteroatoms. The second-order valence-corrected chi connectivity index (χ2v) is 4.93. The first-order valence-electron chi connectivity index (χ1n) is 6.89. The van der Waals surface area contributed by atoms with E-state index in [1.54, 1.807) is 12.1 Å². The lowest BCUT2D eigenvalue weighted by Gasteiger charge is -2.21. The molecule has 0 radical (unpaired) electrons. The molecule has 120 valence electrons. The third-order valence-electron chi connectivity index (χ3n) is 3.40. The molecule has 0 spiro atoms. The number of carbonyl (C=O) groups excluding carboxylic acids is 3. The van der Waals surface area contributed by atoms with Crippen molar-refractivity contribution in [2.24, 2.45) is 0 Å². The molecule has 0 aromatic heterocycles. The summed E-state index contributed by atoms with van der Waals surface area (Å²) >= 11 is 0. The van der Waals surface area contributed by atoms with Crippen molar-refractivity contribution < 1.29 is 23.9 Å². The van der Waals surface area contributed by atoms with Gasteiger partial charge in [-0.15, -0.1) is 0 Å². The van der Waals surface area contributed by atoms with Gasteiger partial charge < -0.3 is 14.4 Å². The Balaban J connectivity index is 2.92. The molecule has 0 N–H and O–H groups in total. The van der Waals surface area contributed by atoms with Crippen molar-refractivity contribution in [1.29, 1.82) is 0 Å². The van der Waals surface area contributed by atoms with E-state index in [9.17, 15) is 14.4 Å². The number of carbonyl (C=O) groups is 3. The molecule has 22 heavy (non-hydrogen) atoms. The van der Waals surface area contributed by atoms with E-state index in [1.807, 2.05) is 19.9 Å². The van der Waals surface area contributed by atoms with Gasteiger partial charge in [0.15, 0.2) is 0 Å². The van der Waals surface area contributed by atoms with Crippen LogP contribution in [0.5, 0.6) is 0 Å². The predicted octanol–water partition coefficient (Wildman–Crippen LogP) is 1.48. The summed E-state index contributed by atoms with van der Waals surface area (Å²) in [5.41, 5.74) is 2.53. The summed E-state index contributed by atoms with van der Waals surface area (Å²) < 4.78 is 9.15. The van der Waals surface area contributed by atoms with Crippen molar-refractivity contribution in [2.75, 3.05) is 27.3 Å². The molecule has 1 aromatic rings. The quantitative estimate of drug-likeness (QED) is 0.744. The molecular formula is C16H21NO5. The van der Waals surface area contributed by atoms with Crippen molar-refractivity contribution >= 4 is 17.8 Å². The zero-order chi connectivity index (χ0) is 16.7. The minimum atomic E-state index is -0.540. The highest BCUT2D eigenvalue weighted by molar-refractivity contribution is 5.96. The van der Waals surface area contributed by atoms with Crippen LogP contribution in [0.2, 0.25) is 0 Å². The van der Waals surface area contributed by atoms with E-state index >= 15 is 0 Å². The third-order valence-corrected chi connectivity index (χ3v) is 3.40. The Bertz CT molecular complexity index is 568. The molecule has 0 aliphatic rings. The molecule has 0 aliphatic heterocycles. The molecule has 0 bridgehead atoms. The number of benzene rings is 1. The smallest absolute Gasteiger partial charge is 0.325 e. The molecule has 0 saturated carbocycles. The number of nitrogens with zero attached hydrogens (tertiary/aromatic N) is 1. The van der Waals surface area contributed by atoms with E-state index in [2.05, 4.69) is 9.47 Å². The van der Waals surface area contributed by atoms with E-state index in [1.165, 1.54) is 19.1 Å². The molecule has 0 fully saturated rings. The van der Waals surface area contributed by atoms with E-state index < -0.39 is 11.9 Å². The minimum absolute atomic E-state index is 0.0179. The molecule has 0 aliphatic carbocycles. The van der Waals surface area contributed by atoms with Crippen LogP contribution >= 0.6 is 0 Å². The standard InChI is InChI=1S/C16H21NO5/c1-11-5-6-13(9-12(11)2)16(20)17(10-15(19)22-4)8-7-14(18)21-3/h5-6,9H,7-8,10H2,1-4H3. The predicted molar refractivity (Wildman–Crippen MR) is 80.5 cm³/mol. The molecule has 0 saturated heterocycles. The summed E-state index contributed by atoms with van der Waals surface area (Å²) in [5, 5.41) is 0. The highest BCUT2D eigenvalue weighted by Gasteiger charge is 2.20. The van der Waals surface area contributed by atoms with Gasteiger partial charge in [0.2, 0.25) is 0 Å². The minimum Gasteiger partial charge on any atom is -0.469 e. The normalized spacial score (nSPS) is 10.0. The lowest BCUT2D eigenvalue weighted by molar-refractivity contribution is -0.143. The van der Waals surface area contributed by atoms with Crippen molar-refractivity contribution in [1.82, 2.24) is 4.90 Å². The highest BCUT2D eigenvalue weighted by Crippen LogP contribution is 2.12. The van der Waals surface area contributed by atoms with Crippen LogP contribution < -0.4 is 0 Å². The average molecular weight is 307 g/mol. The Labute approximate surface area is 130 Å². The van der Waals surface area contributed by atoms with Crippen LogP contribution in [0.25, 0.3) is 0 Å². The van der Waals surface area contributed by atoms with Crippen molar-refractivity contribution in [2.45, 2.75) is 20.3 Å². The van der Waals surface area contributed by atoms with E-state index in [-0.39, 0.29) is 25.4 Å². The van der Waals surface area contributed by atoms with Gasteiger partial charge in [0.05, 0.1) is 20.6 Å². The Kier molecular flexibility index (Phi) is 6.56. The number of methoxy groups -OCH3 is 2. The molecule has 6 nitrogen and oxygen atoms in total. The van der Waals surface area contributed by atoms with Gasteiger partial charge >= 0.3 is 11.9 Å². The summed E-state index contributed by atoms with van der Waals surface area (Å²) in [7, 11) is 2.53. The van der Waals surface area contributed by atoms with Gasteiger partial charge in [0.25, 0.3) is 5.91 Å². The molecular weight excluding hydrogens is 286 g/mol. The molecule has 0 atom stereocenters. The molecule has 0 unspecified atom stereocenters. The first kappa shape index (κ1) is 17.7. The molecule has 1 aromatic carbocycles. The fourth-order valence-corrected chi connectivity index (χ4v) is 1.86. The van der Waals surface area contributed by atoms with Crippen molar-refractivity contribution in [3.63, 3.8) is 0 Å². The van der Waals surface area contributed by atoms with Crippen LogP contribution in [0.4, 0.5) is 0 Å². The topological polar surface area (TPSA) is 72.9 Å². The molecule has 1 rings (SSSR count). The zero-order valence-corrected chi connectivity index (χ0v) is 13.3. The van der Waals surface area contributed by atoms with Gasteiger partial charge in [-0.05, 0) is 37.1 Å². The van der Waals surface area contributed by atoms with Gasteiger partial charge in [0.1, 0.15) is 6.54 Å². The Morgan fingerprint density at radius 1 is 1.00 bits per heavy atom. The van der Waals surface area contributed by atoms with E-state index in [0.717, 1.165) is 11.1 Å². The van der Waals surface area contributed by atoms with Crippen LogP contribution in [0.1, 0.15) is 27.9 Å². The van der Waals surface area contributed by atoms with Crippen LogP contribution in [0.15, 0.2) is 18.2 Å². The number of rotatable bonds is 6. The third kappa shape index (κ3) is 4.87. The number of hydrogen-bond donors (Lipinski definition) is 0. The maximum absolute atomic E-state index is 12.5. The summed E-state index contributed by atoms with van der Waals surface area (Å²) in [6.45, 7) is 3.74. The monoisotopic (exact) mass is 307 g/mol. The lowest BCUT2D eigenvalue weighted by Crippen LogP contribution is -2.37. The molecule has 0 heterocycles. The summed E-state index contributed by atoms with van der Waals surface area (Å²) in [4.78, 5) is 36.5. The van der Waals surface area contributed by atoms with Crippen LogP contribution in [0, 0.1) is 13.8 Å². The van der Waals surface area contributed by atoms with Crippen LogP contribution in [-0.4, -0.2) is 50.1 Å². The van der Waals surface area contributed by atoms with Gasteiger partial charge in [-0.3, -0.25) is 14.4 Å². The number of aryl methyl sites for hydroxylation is 2. The van der Waals surface area contributed by atoms with Crippen molar-refractivity contribution in [3.05, 3.63) is 34.9 Å². The van der Waals surface area contributed by atoms with Crippen LogP contribution in [-0.2, 0) is 19.1 Å². The van der Waals surface area contributed by atoms with Gasteiger partial charge in [-0.2, -0.15) is 0 Å². The first-order valence-corrected chi connectivity index (χ1v) is 6.89. The number of hydrogen-bond acceptors (Lipinski definition) is 5. The number of amides is 1. The zero-order valence-electron chi connectivity index (χ0n) is 13.3. The second kappa shape index (κ2) is 8.17. The van der Waals surface area contributed by atoms with Crippen molar-refractivity contribution in [3.8, 4) is 0 Å². The van der Waals surface area contributed by atoms with Gasteiger partial charge in [-0.25, -0.2) is 0 Å². The number of esters is 2. The van der Waals surface area contributed by atoms with Crippen LogP contribution in [0.3, 0.4) is 0 Å². The Hall–Kier alpha value is -2.37. The fraction of sp³-hybridized carbons (Fsp3) is 0.438. The maximum atomic E-state index is 12.5. The SMILES string of the molecule is COC(=O)CCN(CC(=O)OC)C(=O)c1ccc(C)c(C)c1. The Morgan fingerprint density at radius 3 is 2.18 bits per heavy atom. The lowest BCUT2D eigenvalue weighted by atomic mass is 10.1. The average Bonchev–Trinajstić information content (AvgIpc) is 2.52. The van der Waals surface area contributed by atoms with Gasteiger partial charge in [0, 0.05) is 12.1 Å². The summed E-state index contributed by atoms with van der Waals surface area (Å²) in [6.07, 6.45) is 0.0179. The fourth-order valence-electron chi connectivity index (χ4n) is 1.86. The summed E-state index contributed by atoms with van der Waals surface area (Å²) in [5.74, 6) is -1.30. The Morgan fingerprint density at radius 2 is 1.64 bits per heavy atom. The van der Waals surface area contributed by atoms with E-state index in [4.69, 9.17) is 0 Å². The van der Waals surface area contributed by atoms with E-state index in [0.29, 0.717) is 5.56 Å².